The summed E-state index contributed by atoms with van der Waals surface area (Å²) in [6.07, 6.45) is 1.12. The first-order valence-electron chi connectivity index (χ1n) is 5.46. The Morgan fingerprint density at radius 1 is 1.13 bits per heavy atom. The van der Waals surface area contributed by atoms with Crippen molar-refractivity contribution in [3.05, 3.63) is 12.5 Å². The molecule has 0 fully saturated rings. The fourth-order valence-corrected chi connectivity index (χ4v) is 1.18. The normalized spacial score (nSPS) is 11.7. The first kappa shape index (κ1) is 14.3. The molecule has 3 nitrogen and oxygen atoms in total. The van der Waals surface area contributed by atoms with Crippen LogP contribution in [-0.2, 0) is 4.74 Å². The first-order chi connectivity index (χ1) is 6.72. The van der Waals surface area contributed by atoms with Crippen LogP contribution >= 0.6 is 0 Å². The summed E-state index contributed by atoms with van der Waals surface area (Å²) in [4.78, 5) is 4.25. The fraction of sp³-hybridized carbons (Fsp3) is 0.833. The second kappa shape index (κ2) is 6.01. The van der Waals surface area contributed by atoms with E-state index in [4.69, 9.17) is 4.74 Å². The summed E-state index contributed by atoms with van der Waals surface area (Å²) in [5, 5.41) is 0. The SMILES string of the molecule is C=C(OC(C)(C)C)N(C)CCCN(C)C. The highest BCUT2D eigenvalue weighted by atomic mass is 16.5. The minimum Gasteiger partial charge on any atom is -0.474 e. The molecule has 0 saturated carbocycles. The predicted octanol–water partition coefficient (Wildman–Crippen LogP) is 2.16. The van der Waals surface area contributed by atoms with Gasteiger partial charge in [0.05, 0.1) is 0 Å². The molecule has 0 amide bonds. The van der Waals surface area contributed by atoms with Crippen molar-refractivity contribution in [3.8, 4) is 0 Å². The summed E-state index contributed by atoms with van der Waals surface area (Å²) < 4.78 is 5.67. The van der Waals surface area contributed by atoms with Crippen LogP contribution in [0.2, 0.25) is 0 Å². The van der Waals surface area contributed by atoms with Gasteiger partial charge in [0, 0.05) is 13.6 Å². The molecule has 90 valence electrons. The Kier molecular flexibility index (Phi) is 5.73. The van der Waals surface area contributed by atoms with Crippen molar-refractivity contribution in [2.75, 3.05) is 34.2 Å². The van der Waals surface area contributed by atoms with Crippen molar-refractivity contribution >= 4 is 0 Å². The summed E-state index contributed by atoms with van der Waals surface area (Å²) in [7, 11) is 6.19. The van der Waals surface area contributed by atoms with Gasteiger partial charge in [-0.05, 0) is 54.4 Å². The average molecular weight is 214 g/mol. The van der Waals surface area contributed by atoms with Gasteiger partial charge in [-0.15, -0.1) is 0 Å². The van der Waals surface area contributed by atoms with Gasteiger partial charge in [-0.2, -0.15) is 0 Å². The minimum atomic E-state index is -0.160. The summed E-state index contributed by atoms with van der Waals surface area (Å²) in [5.74, 6) is 0.751. The largest absolute Gasteiger partial charge is 0.474 e. The van der Waals surface area contributed by atoms with E-state index in [1.165, 1.54) is 0 Å². The molecule has 0 saturated heterocycles. The van der Waals surface area contributed by atoms with E-state index in [-0.39, 0.29) is 5.60 Å². The lowest BCUT2D eigenvalue weighted by Crippen LogP contribution is -2.29. The van der Waals surface area contributed by atoms with Crippen molar-refractivity contribution in [1.82, 2.24) is 9.80 Å². The lowest BCUT2D eigenvalue weighted by molar-refractivity contribution is 0.00900. The topological polar surface area (TPSA) is 15.7 Å². The molecule has 0 radical (unpaired) electrons. The summed E-state index contributed by atoms with van der Waals surface area (Å²) in [5.41, 5.74) is -0.160. The third kappa shape index (κ3) is 8.30. The Balaban J connectivity index is 3.80. The van der Waals surface area contributed by atoms with Crippen LogP contribution in [0.3, 0.4) is 0 Å². The zero-order chi connectivity index (χ0) is 12.1. The Bertz CT molecular complexity index is 194. The molecule has 3 heteroatoms. The van der Waals surface area contributed by atoms with Crippen LogP contribution in [-0.4, -0.2) is 49.6 Å². The average Bonchev–Trinajstić information content (AvgIpc) is 1.99. The van der Waals surface area contributed by atoms with Crippen LogP contribution < -0.4 is 0 Å². The maximum Gasteiger partial charge on any atom is 0.182 e. The smallest absolute Gasteiger partial charge is 0.182 e. The van der Waals surface area contributed by atoms with Gasteiger partial charge in [-0.3, -0.25) is 0 Å². The van der Waals surface area contributed by atoms with Gasteiger partial charge in [0.15, 0.2) is 5.88 Å². The summed E-state index contributed by atoms with van der Waals surface area (Å²) in [6.45, 7) is 12.1. The Labute approximate surface area is 94.7 Å². The van der Waals surface area contributed by atoms with E-state index in [2.05, 4.69) is 30.5 Å². The molecule has 0 aliphatic rings. The molecule has 15 heavy (non-hydrogen) atoms. The molecule has 0 heterocycles. The van der Waals surface area contributed by atoms with Gasteiger partial charge >= 0.3 is 0 Å². The van der Waals surface area contributed by atoms with Gasteiger partial charge < -0.3 is 14.5 Å². The fourth-order valence-electron chi connectivity index (χ4n) is 1.18. The zero-order valence-corrected chi connectivity index (χ0v) is 11.1. The Morgan fingerprint density at radius 3 is 2.07 bits per heavy atom. The van der Waals surface area contributed by atoms with E-state index in [9.17, 15) is 0 Å². The third-order valence-corrected chi connectivity index (χ3v) is 1.95. The van der Waals surface area contributed by atoms with E-state index >= 15 is 0 Å². The van der Waals surface area contributed by atoms with E-state index in [0.717, 1.165) is 25.4 Å². The van der Waals surface area contributed by atoms with E-state index < -0.39 is 0 Å². The highest BCUT2D eigenvalue weighted by Gasteiger charge is 2.14. The number of hydrogen-bond donors (Lipinski definition) is 0. The minimum absolute atomic E-state index is 0.160. The van der Waals surface area contributed by atoms with Crippen LogP contribution in [0, 0.1) is 0 Å². The van der Waals surface area contributed by atoms with Gasteiger partial charge in [0.1, 0.15) is 5.60 Å². The molecule has 0 N–H and O–H groups in total. The molecule has 0 spiro atoms. The summed E-state index contributed by atoms with van der Waals surface area (Å²) in [6, 6.07) is 0. The van der Waals surface area contributed by atoms with E-state index in [1.54, 1.807) is 0 Å². The molecule has 0 aliphatic heterocycles. The van der Waals surface area contributed by atoms with Crippen LogP contribution in [0.5, 0.6) is 0 Å². The maximum absolute atomic E-state index is 5.67. The van der Waals surface area contributed by atoms with Crippen molar-refractivity contribution in [2.45, 2.75) is 32.8 Å². The van der Waals surface area contributed by atoms with Gasteiger partial charge in [0.2, 0.25) is 0 Å². The van der Waals surface area contributed by atoms with Crippen LogP contribution in [0.4, 0.5) is 0 Å². The zero-order valence-electron chi connectivity index (χ0n) is 11.1. The predicted molar refractivity (Wildman–Crippen MR) is 65.8 cm³/mol. The molecule has 0 aromatic heterocycles. The quantitative estimate of drug-likeness (QED) is 0.630. The molecule has 0 bridgehead atoms. The van der Waals surface area contributed by atoms with E-state index in [0.29, 0.717) is 0 Å². The summed E-state index contributed by atoms with van der Waals surface area (Å²) >= 11 is 0. The Morgan fingerprint density at radius 2 is 1.67 bits per heavy atom. The lowest BCUT2D eigenvalue weighted by atomic mass is 10.2. The van der Waals surface area contributed by atoms with Crippen molar-refractivity contribution in [2.24, 2.45) is 0 Å². The second-order valence-corrected chi connectivity index (χ2v) is 5.19. The molecule has 0 aliphatic carbocycles. The van der Waals surface area contributed by atoms with Crippen LogP contribution in [0.15, 0.2) is 12.5 Å². The number of hydrogen-bond acceptors (Lipinski definition) is 3. The second-order valence-electron chi connectivity index (χ2n) is 5.19. The molecule has 0 atom stereocenters. The number of ether oxygens (including phenoxy) is 1. The molecular formula is C12H26N2O. The van der Waals surface area contributed by atoms with E-state index in [1.807, 2.05) is 27.8 Å². The number of nitrogens with zero attached hydrogens (tertiary/aromatic N) is 2. The Hall–Kier alpha value is -0.700. The monoisotopic (exact) mass is 214 g/mol. The van der Waals surface area contributed by atoms with Gasteiger partial charge in [0.25, 0.3) is 0 Å². The highest BCUT2D eigenvalue weighted by Crippen LogP contribution is 2.14. The highest BCUT2D eigenvalue weighted by molar-refractivity contribution is 4.84. The van der Waals surface area contributed by atoms with Crippen molar-refractivity contribution < 1.29 is 4.74 Å². The molecular weight excluding hydrogens is 188 g/mol. The maximum atomic E-state index is 5.67. The molecule has 0 aromatic rings. The lowest BCUT2D eigenvalue weighted by Gasteiger charge is -2.29. The molecule has 0 unspecified atom stereocenters. The number of rotatable bonds is 6. The molecule has 0 rings (SSSR count). The van der Waals surface area contributed by atoms with Gasteiger partial charge in [-0.25, -0.2) is 0 Å². The van der Waals surface area contributed by atoms with Crippen molar-refractivity contribution in [1.29, 1.82) is 0 Å². The van der Waals surface area contributed by atoms with Gasteiger partial charge in [-0.1, -0.05) is 0 Å². The van der Waals surface area contributed by atoms with Crippen LogP contribution in [0.1, 0.15) is 27.2 Å². The van der Waals surface area contributed by atoms with Crippen molar-refractivity contribution in [3.63, 3.8) is 0 Å². The standard InChI is InChI=1S/C12H26N2O/c1-11(15-12(2,3)4)14(7)10-8-9-13(5)6/h1,8-10H2,2-7H3. The first-order valence-corrected chi connectivity index (χ1v) is 5.46. The third-order valence-electron chi connectivity index (χ3n) is 1.95. The molecule has 0 aromatic carbocycles. The van der Waals surface area contributed by atoms with Crippen LogP contribution in [0.25, 0.3) is 0 Å².